The van der Waals surface area contributed by atoms with E-state index in [0.29, 0.717) is 17.2 Å². The van der Waals surface area contributed by atoms with Crippen LogP contribution in [0.4, 0.5) is 37.7 Å². The standard InChI is InChI=1S/C28H23Cl2F6N3O3/c1-14-4-6-16(11-18(14)23(40)39-17-7-9-22(30)20(12-17)27(31,32)33)38-24(41)19-10-15(5-8-21(19)29)13-37-25(42)26(2,3)28(34,35)36/h4-12H,13H2,1-3H3,(H,37,42)(H,38,41)(H,39,40). The van der Waals surface area contributed by atoms with Crippen molar-refractivity contribution < 1.29 is 40.7 Å². The maximum Gasteiger partial charge on any atom is 0.417 e. The van der Waals surface area contributed by atoms with Crippen molar-refractivity contribution in [3.8, 4) is 0 Å². The maximum absolute atomic E-state index is 13.2. The summed E-state index contributed by atoms with van der Waals surface area (Å²) in [6.45, 7) is 2.76. The average molecular weight is 634 g/mol. The Kier molecular flexibility index (Phi) is 9.53. The second-order valence-electron chi connectivity index (χ2n) is 9.75. The van der Waals surface area contributed by atoms with Crippen molar-refractivity contribution in [3.63, 3.8) is 0 Å². The fraction of sp³-hybridized carbons (Fsp3) is 0.250. The zero-order valence-corrected chi connectivity index (χ0v) is 23.7. The van der Waals surface area contributed by atoms with Crippen molar-refractivity contribution in [3.05, 3.63) is 92.5 Å². The SMILES string of the molecule is Cc1ccc(NC(=O)c2cc(CNC(=O)C(C)(C)C(F)(F)F)ccc2Cl)cc1C(=O)Nc1ccc(Cl)c(C(F)(F)F)c1. The van der Waals surface area contributed by atoms with Crippen LogP contribution in [-0.2, 0) is 17.5 Å². The maximum atomic E-state index is 13.2. The molecular formula is C28H23Cl2F6N3O3. The Hall–Kier alpha value is -3.77. The van der Waals surface area contributed by atoms with Crippen molar-refractivity contribution in [2.75, 3.05) is 10.6 Å². The van der Waals surface area contributed by atoms with E-state index in [1.54, 1.807) is 6.92 Å². The molecule has 0 aliphatic heterocycles. The highest BCUT2D eigenvalue weighted by atomic mass is 35.5. The summed E-state index contributed by atoms with van der Waals surface area (Å²) in [6.07, 6.45) is -9.51. The van der Waals surface area contributed by atoms with Crippen LogP contribution in [0.25, 0.3) is 0 Å². The molecule has 3 aromatic carbocycles. The van der Waals surface area contributed by atoms with Crippen LogP contribution in [0, 0.1) is 12.3 Å². The Morgan fingerprint density at radius 2 is 1.29 bits per heavy atom. The van der Waals surface area contributed by atoms with Crippen molar-refractivity contribution in [1.82, 2.24) is 5.32 Å². The third kappa shape index (κ3) is 7.54. The van der Waals surface area contributed by atoms with E-state index in [0.717, 1.165) is 19.9 Å². The zero-order chi connectivity index (χ0) is 31.6. The van der Waals surface area contributed by atoms with Gasteiger partial charge in [-0.2, -0.15) is 26.3 Å². The molecule has 0 spiro atoms. The van der Waals surface area contributed by atoms with E-state index in [9.17, 15) is 40.7 Å². The Bertz CT molecular complexity index is 1540. The number of anilines is 2. The van der Waals surface area contributed by atoms with E-state index in [4.69, 9.17) is 23.2 Å². The van der Waals surface area contributed by atoms with E-state index in [1.165, 1.54) is 42.5 Å². The Balaban J connectivity index is 1.76. The number of benzene rings is 3. The van der Waals surface area contributed by atoms with Gasteiger partial charge in [-0.15, -0.1) is 0 Å². The molecule has 0 aromatic heterocycles. The van der Waals surface area contributed by atoms with Gasteiger partial charge < -0.3 is 16.0 Å². The third-order valence-corrected chi connectivity index (χ3v) is 6.93. The number of amides is 3. The van der Waals surface area contributed by atoms with E-state index in [1.807, 2.05) is 0 Å². The van der Waals surface area contributed by atoms with Crippen molar-refractivity contribution in [2.24, 2.45) is 5.41 Å². The van der Waals surface area contributed by atoms with Crippen LogP contribution in [0.15, 0.2) is 54.6 Å². The first-order valence-electron chi connectivity index (χ1n) is 12.0. The highest BCUT2D eigenvalue weighted by molar-refractivity contribution is 6.34. The number of alkyl halides is 6. The molecule has 0 aliphatic rings. The van der Waals surface area contributed by atoms with E-state index >= 15 is 0 Å². The van der Waals surface area contributed by atoms with Gasteiger partial charge in [-0.05, 0) is 74.4 Å². The first-order chi connectivity index (χ1) is 19.3. The van der Waals surface area contributed by atoms with E-state index in [-0.39, 0.29) is 34.1 Å². The monoisotopic (exact) mass is 633 g/mol. The molecule has 14 heteroatoms. The minimum atomic E-state index is -4.77. The summed E-state index contributed by atoms with van der Waals surface area (Å²) in [5, 5.41) is 6.60. The summed E-state index contributed by atoms with van der Waals surface area (Å²) in [7, 11) is 0. The van der Waals surface area contributed by atoms with Gasteiger partial charge in [0.15, 0.2) is 0 Å². The molecule has 0 saturated heterocycles. The van der Waals surface area contributed by atoms with Crippen LogP contribution in [0.3, 0.4) is 0 Å². The van der Waals surface area contributed by atoms with E-state index < -0.39 is 46.1 Å². The minimum Gasteiger partial charge on any atom is -0.351 e. The largest absolute Gasteiger partial charge is 0.417 e. The molecule has 0 radical (unpaired) electrons. The van der Waals surface area contributed by atoms with Crippen LogP contribution in [-0.4, -0.2) is 23.9 Å². The summed E-state index contributed by atoms with van der Waals surface area (Å²) < 4.78 is 78.9. The molecule has 3 rings (SSSR count). The molecule has 42 heavy (non-hydrogen) atoms. The van der Waals surface area contributed by atoms with Gasteiger partial charge >= 0.3 is 12.4 Å². The van der Waals surface area contributed by atoms with Crippen molar-refractivity contribution in [2.45, 2.75) is 39.7 Å². The van der Waals surface area contributed by atoms with Crippen LogP contribution in [0.1, 0.15) is 51.3 Å². The van der Waals surface area contributed by atoms with Gasteiger partial charge in [-0.1, -0.05) is 35.3 Å². The molecule has 0 heterocycles. The highest BCUT2D eigenvalue weighted by Crippen LogP contribution is 2.38. The summed E-state index contributed by atoms with van der Waals surface area (Å²) in [6, 6.07) is 11.2. The zero-order valence-electron chi connectivity index (χ0n) is 22.2. The summed E-state index contributed by atoms with van der Waals surface area (Å²) >= 11 is 11.8. The Morgan fingerprint density at radius 1 is 0.738 bits per heavy atom. The molecule has 0 fully saturated rings. The Labute approximate surface area is 246 Å². The molecule has 224 valence electrons. The van der Waals surface area contributed by atoms with Crippen molar-refractivity contribution >= 4 is 52.3 Å². The van der Waals surface area contributed by atoms with Gasteiger partial charge in [0.05, 0.1) is 21.2 Å². The molecule has 3 N–H and O–H groups in total. The third-order valence-electron chi connectivity index (χ3n) is 6.27. The molecule has 0 saturated carbocycles. The molecule has 0 unspecified atom stereocenters. The minimum absolute atomic E-state index is 0.00600. The summed E-state index contributed by atoms with van der Waals surface area (Å²) in [4.78, 5) is 38.0. The predicted molar refractivity (Wildman–Crippen MR) is 147 cm³/mol. The molecule has 3 aromatic rings. The first kappa shape index (κ1) is 32.7. The highest BCUT2D eigenvalue weighted by Gasteiger charge is 2.52. The topological polar surface area (TPSA) is 87.3 Å². The van der Waals surface area contributed by atoms with Gasteiger partial charge in [0.1, 0.15) is 5.41 Å². The van der Waals surface area contributed by atoms with Gasteiger partial charge in [0, 0.05) is 23.5 Å². The normalized spacial score (nSPS) is 12.1. The number of carbonyl (C=O) groups is 3. The number of hydrogen-bond donors (Lipinski definition) is 3. The first-order valence-corrected chi connectivity index (χ1v) is 12.8. The number of nitrogens with one attached hydrogen (secondary N) is 3. The Morgan fingerprint density at radius 3 is 1.88 bits per heavy atom. The number of hydrogen-bond acceptors (Lipinski definition) is 3. The molecule has 6 nitrogen and oxygen atoms in total. The van der Waals surface area contributed by atoms with Crippen LogP contribution >= 0.6 is 23.2 Å². The second-order valence-corrected chi connectivity index (χ2v) is 10.6. The van der Waals surface area contributed by atoms with Gasteiger partial charge in [0.2, 0.25) is 5.91 Å². The van der Waals surface area contributed by atoms with Gasteiger partial charge in [-0.25, -0.2) is 0 Å². The lowest BCUT2D eigenvalue weighted by Crippen LogP contribution is -2.46. The summed E-state index contributed by atoms with van der Waals surface area (Å²) in [5.74, 6) is -2.74. The molecule has 0 aliphatic carbocycles. The number of rotatable bonds is 7. The van der Waals surface area contributed by atoms with Crippen molar-refractivity contribution in [1.29, 1.82) is 0 Å². The number of aryl methyl sites for hydroxylation is 1. The number of carbonyl (C=O) groups excluding carboxylic acids is 3. The molecule has 0 atom stereocenters. The van der Waals surface area contributed by atoms with Gasteiger partial charge in [-0.3, -0.25) is 14.4 Å². The van der Waals surface area contributed by atoms with Crippen LogP contribution in [0.2, 0.25) is 10.0 Å². The molecule has 3 amide bonds. The lowest BCUT2D eigenvalue weighted by molar-refractivity contribution is -0.211. The fourth-order valence-electron chi connectivity index (χ4n) is 3.55. The molecular weight excluding hydrogens is 611 g/mol. The van der Waals surface area contributed by atoms with Crippen LogP contribution in [0.5, 0.6) is 0 Å². The van der Waals surface area contributed by atoms with E-state index in [2.05, 4.69) is 16.0 Å². The smallest absolute Gasteiger partial charge is 0.351 e. The second kappa shape index (κ2) is 12.2. The molecule has 0 bridgehead atoms. The average Bonchev–Trinajstić information content (AvgIpc) is 2.88. The van der Waals surface area contributed by atoms with Gasteiger partial charge in [0.25, 0.3) is 11.8 Å². The quantitative estimate of drug-likeness (QED) is 0.230. The predicted octanol–water partition coefficient (Wildman–Crippen LogP) is 8.03. The summed E-state index contributed by atoms with van der Waals surface area (Å²) in [5.41, 5.74) is -3.04. The van der Waals surface area contributed by atoms with Crippen LogP contribution < -0.4 is 16.0 Å². The lowest BCUT2D eigenvalue weighted by Gasteiger charge is -2.26. The lowest BCUT2D eigenvalue weighted by atomic mass is 9.91. The number of halogens is 8. The fourth-order valence-corrected chi connectivity index (χ4v) is 3.98.